The molecular weight excluding hydrogens is 255 g/mol. The van der Waals surface area contributed by atoms with Crippen LogP contribution in [0.3, 0.4) is 0 Å². The minimum absolute atomic E-state index is 0.0519. The molecule has 2 rings (SSSR count). The first kappa shape index (κ1) is 13.3. The Balaban J connectivity index is 2.15. The van der Waals surface area contributed by atoms with Gasteiger partial charge in [0.2, 0.25) is 0 Å². The number of anilines is 1. The van der Waals surface area contributed by atoms with Crippen molar-refractivity contribution < 1.29 is 23.8 Å². The second kappa shape index (κ2) is 5.66. The first-order valence-corrected chi connectivity index (χ1v) is 5.74. The van der Waals surface area contributed by atoms with Crippen molar-refractivity contribution in [1.82, 2.24) is 4.90 Å². The quantitative estimate of drug-likeness (QED) is 0.849. The number of ether oxygens (including phenoxy) is 1. The third kappa shape index (κ3) is 3.19. The van der Waals surface area contributed by atoms with Gasteiger partial charge in [0.1, 0.15) is 5.82 Å². The third-order valence-corrected chi connectivity index (χ3v) is 2.75. The predicted octanol–water partition coefficient (Wildman–Crippen LogP) is 1.39. The van der Waals surface area contributed by atoms with Crippen molar-refractivity contribution >= 4 is 17.7 Å². The lowest BCUT2D eigenvalue weighted by Crippen LogP contribution is -2.43. The number of carboxylic acid groups (broad SMARTS) is 1. The van der Waals surface area contributed by atoms with Crippen molar-refractivity contribution in [3.05, 3.63) is 29.6 Å². The van der Waals surface area contributed by atoms with Crippen molar-refractivity contribution in [2.24, 2.45) is 0 Å². The number of carbonyl (C=O) groups is 2. The van der Waals surface area contributed by atoms with Crippen LogP contribution < -0.4 is 5.32 Å². The zero-order chi connectivity index (χ0) is 13.8. The van der Waals surface area contributed by atoms with E-state index in [2.05, 4.69) is 5.32 Å². The van der Waals surface area contributed by atoms with E-state index in [9.17, 15) is 14.0 Å². The molecule has 1 aromatic rings. The van der Waals surface area contributed by atoms with Crippen LogP contribution in [0.25, 0.3) is 0 Å². The summed E-state index contributed by atoms with van der Waals surface area (Å²) >= 11 is 0. The van der Waals surface area contributed by atoms with Gasteiger partial charge in [-0.2, -0.15) is 0 Å². The summed E-state index contributed by atoms with van der Waals surface area (Å²) in [6.07, 6.45) is 0. The molecule has 1 aromatic carbocycles. The molecular formula is C12H13FN2O4. The van der Waals surface area contributed by atoms with E-state index in [1.54, 1.807) is 0 Å². The minimum Gasteiger partial charge on any atom is -0.478 e. The summed E-state index contributed by atoms with van der Waals surface area (Å²) in [6.45, 7) is 1.71. The van der Waals surface area contributed by atoms with Gasteiger partial charge in [0, 0.05) is 13.1 Å². The van der Waals surface area contributed by atoms with Crippen LogP contribution >= 0.6 is 0 Å². The van der Waals surface area contributed by atoms with E-state index >= 15 is 0 Å². The maximum Gasteiger partial charge on any atom is 0.337 e. The number of halogens is 1. The summed E-state index contributed by atoms with van der Waals surface area (Å²) in [7, 11) is 0. The number of carboxylic acids is 1. The number of morpholine rings is 1. The largest absolute Gasteiger partial charge is 0.478 e. The Morgan fingerprint density at radius 3 is 2.63 bits per heavy atom. The molecule has 0 atom stereocenters. The number of nitrogens with zero attached hydrogens (tertiary/aromatic N) is 1. The topological polar surface area (TPSA) is 78.9 Å². The first-order valence-electron chi connectivity index (χ1n) is 5.74. The lowest BCUT2D eigenvalue weighted by molar-refractivity contribution is 0.0564. The molecule has 1 aliphatic rings. The lowest BCUT2D eigenvalue weighted by atomic mass is 10.1. The maximum atomic E-state index is 13.1. The van der Waals surface area contributed by atoms with Crippen molar-refractivity contribution in [2.75, 3.05) is 31.6 Å². The molecule has 0 spiro atoms. The molecule has 1 heterocycles. The Kier molecular flexibility index (Phi) is 3.96. The average molecular weight is 268 g/mol. The molecule has 0 aromatic heterocycles. The fraction of sp³-hybridized carbons (Fsp3) is 0.333. The second-order valence-electron chi connectivity index (χ2n) is 4.02. The van der Waals surface area contributed by atoms with E-state index in [-0.39, 0.29) is 11.3 Å². The summed E-state index contributed by atoms with van der Waals surface area (Å²) in [5.74, 6) is -1.83. The van der Waals surface area contributed by atoms with Crippen LogP contribution in [-0.4, -0.2) is 48.3 Å². The van der Waals surface area contributed by atoms with Gasteiger partial charge in [-0.3, -0.25) is 0 Å². The van der Waals surface area contributed by atoms with Gasteiger partial charge in [-0.15, -0.1) is 0 Å². The molecule has 0 saturated carbocycles. The Labute approximate surface area is 108 Å². The van der Waals surface area contributed by atoms with Gasteiger partial charge < -0.3 is 20.1 Å². The van der Waals surface area contributed by atoms with Crippen molar-refractivity contribution in [3.8, 4) is 0 Å². The minimum atomic E-state index is -1.22. The summed E-state index contributed by atoms with van der Waals surface area (Å²) < 4.78 is 18.2. The van der Waals surface area contributed by atoms with Crippen molar-refractivity contribution in [1.29, 1.82) is 0 Å². The predicted molar refractivity (Wildman–Crippen MR) is 64.8 cm³/mol. The summed E-state index contributed by atoms with van der Waals surface area (Å²) in [5.41, 5.74) is -0.202. The monoisotopic (exact) mass is 268 g/mol. The molecule has 1 fully saturated rings. The number of rotatable bonds is 2. The highest BCUT2D eigenvalue weighted by atomic mass is 19.1. The second-order valence-corrected chi connectivity index (χ2v) is 4.02. The van der Waals surface area contributed by atoms with Crippen LogP contribution in [0.1, 0.15) is 10.4 Å². The Morgan fingerprint density at radius 1 is 1.32 bits per heavy atom. The molecule has 19 heavy (non-hydrogen) atoms. The van der Waals surface area contributed by atoms with Crippen molar-refractivity contribution in [2.45, 2.75) is 0 Å². The number of nitrogens with one attached hydrogen (secondary N) is 1. The van der Waals surface area contributed by atoms with E-state index in [1.807, 2.05) is 0 Å². The van der Waals surface area contributed by atoms with Crippen molar-refractivity contribution in [3.63, 3.8) is 0 Å². The van der Waals surface area contributed by atoms with Crippen LogP contribution in [0.4, 0.5) is 14.9 Å². The molecule has 0 aliphatic carbocycles. The number of urea groups is 1. The zero-order valence-corrected chi connectivity index (χ0v) is 10.1. The van der Waals surface area contributed by atoms with E-state index in [0.29, 0.717) is 26.3 Å². The number of carbonyl (C=O) groups excluding carboxylic acids is 1. The number of benzene rings is 1. The highest BCUT2D eigenvalue weighted by molar-refractivity contribution is 6.00. The lowest BCUT2D eigenvalue weighted by Gasteiger charge is -2.27. The Hall–Kier alpha value is -2.15. The molecule has 2 amide bonds. The Bertz CT molecular complexity index is 501. The molecule has 6 nitrogen and oxygen atoms in total. The number of amides is 2. The van der Waals surface area contributed by atoms with E-state index < -0.39 is 17.8 Å². The van der Waals surface area contributed by atoms with Crippen LogP contribution in [0.5, 0.6) is 0 Å². The Morgan fingerprint density at radius 2 is 2.00 bits per heavy atom. The normalized spacial score (nSPS) is 15.1. The van der Waals surface area contributed by atoms with Gasteiger partial charge in [0.25, 0.3) is 0 Å². The van der Waals surface area contributed by atoms with Gasteiger partial charge in [-0.05, 0) is 18.2 Å². The zero-order valence-electron chi connectivity index (χ0n) is 10.1. The van der Waals surface area contributed by atoms with Crippen LogP contribution in [0, 0.1) is 5.82 Å². The molecule has 0 radical (unpaired) electrons. The third-order valence-electron chi connectivity index (χ3n) is 2.75. The number of hydrogen-bond donors (Lipinski definition) is 2. The van der Waals surface area contributed by atoms with E-state index in [0.717, 1.165) is 18.2 Å². The molecule has 1 saturated heterocycles. The standard InChI is InChI=1S/C12H13FN2O4/c13-8-1-2-9(11(16)17)10(7-8)14-12(18)15-3-5-19-6-4-15/h1-2,7H,3-6H2,(H,14,18)(H,16,17). The number of aromatic carboxylic acids is 1. The molecule has 0 unspecified atom stereocenters. The van der Waals surface area contributed by atoms with Crippen LogP contribution in [0.15, 0.2) is 18.2 Å². The van der Waals surface area contributed by atoms with Gasteiger partial charge >= 0.3 is 12.0 Å². The van der Waals surface area contributed by atoms with Gasteiger partial charge in [0.15, 0.2) is 0 Å². The molecule has 102 valence electrons. The summed E-state index contributed by atoms with van der Waals surface area (Å²) in [6, 6.07) is 2.68. The fourth-order valence-corrected chi connectivity index (χ4v) is 1.77. The van der Waals surface area contributed by atoms with Gasteiger partial charge in [0.05, 0.1) is 24.5 Å². The SMILES string of the molecule is O=C(O)c1ccc(F)cc1NC(=O)N1CCOCC1. The average Bonchev–Trinajstić information content (AvgIpc) is 2.39. The van der Waals surface area contributed by atoms with E-state index in [4.69, 9.17) is 9.84 Å². The first-order chi connectivity index (χ1) is 9.08. The smallest absolute Gasteiger partial charge is 0.337 e. The maximum absolute atomic E-state index is 13.1. The van der Waals surface area contributed by atoms with E-state index in [1.165, 1.54) is 4.90 Å². The summed E-state index contributed by atoms with van der Waals surface area (Å²) in [5, 5.41) is 11.4. The highest BCUT2D eigenvalue weighted by Gasteiger charge is 2.19. The molecule has 0 bridgehead atoms. The van der Waals surface area contributed by atoms with Crippen LogP contribution in [0.2, 0.25) is 0 Å². The molecule has 1 aliphatic heterocycles. The highest BCUT2D eigenvalue weighted by Crippen LogP contribution is 2.18. The van der Waals surface area contributed by atoms with Crippen LogP contribution in [-0.2, 0) is 4.74 Å². The fourth-order valence-electron chi connectivity index (χ4n) is 1.77. The number of hydrogen-bond acceptors (Lipinski definition) is 3. The molecule has 2 N–H and O–H groups in total. The van der Waals surface area contributed by atoms with Gasteiger partial charge in [-0.1, -0.05) is 0 Å². The molecule has 7 heteroatoms. The van der Waals surface area contributed by atoms with Gasteiger partial charge in [-0.25, -0.2) is 14.0 Å². The summed E-state index contributed by atoms with van der Waals surface area (Å²) in [4.78, 5) is 24.4.